The van der Waals surface area contributed by atoms with Crippen molar-refractivity contribution in [1.29, 1.82) is 0 Å². The number of aromatic amines is 1. The molecule has 0 radical (unpaired) electrons. The molecule has 0 saturated carbocycles. The van der Waals surface area contributed by atoms with Gasteiger partial charge in [0.05, 0.1) is 17.7 Å². The predicted octanol–water partition coefficient (Wildman–Crippen LogP) is 1.17. The zero-order chi connectivity index (χ0) is 21.4. The molecule has 30 heavy (non-hydrogen) atoms. The van der Waals surface area contributed by atoms with Gasteiger partial charge in [-0.2, -0.15) is 0 Å². The molecule has 3 heterocycles. The van der Waals surface area contributed by atoms with Gasteiger partial charge in [-0.3, -0.25) is 9.59 Å². The van der Waals surface area contributed by atoms with E-state index in [0.29, 0.717) is 39.3 Å². The van der Waals surface area contributed by atoms with E-state index in [9.17, 15) is 19.1 Å². The fourth-order valence-electron chi connectivity index (χ4n) is 3.38. The number of tetrazole rings is 1. The monoisotopic (exact) mass is 411 g/mol. The number of fused-ring (bicyclic) bond motifs is 1. The van der Waals surface area contributed by atoms with Crippen molar-refractivity contribution in [3.05, 3.63) is 58.4 Å². The van der Waals surface area contributed by atoms with Crippen molar-refractivity contribution >= 4 is 29.2 Å². The molecule has 0 spiro atoms. The summed E-state index contributed by atoms with van der Waals surface area (Å²) < 4.78 is 14.8. The molecule has 3 aromatic rings. The van der Waals surface area contributed by atoms with E-state index in [4.69, 9.17) is 0 Å². The van der Waals surface area contributed by atoms with Gasteiger partial charge in [-0.25, -0.2) is 9.07 Å². The van der Waals surface area contributed by atoms with Crippen LogP contribution in [-0.4, -0.2) is 48.7 Å². The lowest BCUT2D eigenvalue weighted by atomic mass is 10.0. The van der Waals surface area contributed by atoms with Gasteiger partial charge in [0.15, 0.2) is 6.23 Å². The molecule has 2 amide bonds. The van der Waals surface area contributed by atoms with Crippen molar-refractivity contribution in [2.75, 3.05) is 11.9 Å². The Morgan fingerprint density at radius 3 is 2.93 bits per heavy atom. The molecule has 0 bridgehead atoms. The SMILES string of the molecule is Cc1[nH]c(/C=C2\C(=O)Nc3ccc(F)cc32)c(C)c1C(=O)NCC(O)n1cnnn1. The molecule has 0 saturated heterocycles. The van der Waals surface area contributed by atoms with E-state index in [-0.39, 0.29) is 12.5 Å². The number of aliphatic hydroxyl groups is 1. The van der Waals surface area contributed by atoms with Gasteiger partial charge in [0.25, 0.3) is 11.8 Å². The molecule has 1 unspecified atom stereocenters. The molecule has 1 atom stereocenters. The number of hydrogen-bond acceptors (Lipinski definition) is 6. The maximum Gasteiger partial charge on any atom is 0.256 e. The van der Waals surface area contributed by atoms with Crippen molar-refractivity contribution in [1.82, 2.24) is 30.5 Å². The van der Waals surface area contributed by atoms with Crippen molar-refractivity contribution in [3.8, 4) is 0 Å². The highest BCUT2D eigenvalue weighted by molar-refractivity contribution is 6.34. The van der Waals surface area contributed by atoms with Gasteiger partial charge in [-0.15, -0.1) is 5.10 Å². The quantitative estimate of drug-likeness (QED) is 0.465. The van der Waals surface area contributed by atoms with Crippen LogP contribution in [0.25, 0.3) is 11.6 Å². The second-order valence-electron chi connectivity index (χ2n) is 6.85. The zero-order valence-corrected chi connectivity index (χ0v) is 16.1. The number of nitrogens with one attached hydrogen (secondary N) is 3. The first-order valence-electron chi connectivity index (χ1n) is 9.06. The van der Waals surface area contributed by atoms with Crippen LogP contribution in [0.15, 0.2) is 24.5 Å². The summed E-state index contributed by atoms with van der Waals surface area (Å²) in [6.07, 6.45) is 1.72. The average molecular weight is 411 g/mol. The second-order valence-corrected chi connectivity index (χ2v) is 6.85. The van der Waals surface area contributed by atoms with Crippen LogP contribution in [0.5, 0.6) is 0 Å². The number of H-pyrrole nitrogens is 1. The number of nitrogens with zero attached hydrogens (tertiary/aromatic N) is 4. The molecule has 0 fully saturated rings. The Balaban J connectivity index is 1.58. The van der Waals surface area contributed by atoms with Crippen LogP contribution in [-0.2, 0) is 4.79 Å². The first kappa shape index (κ1) is 19.5. The minimum atomic E-state index is -1.11. The van der Waals surface area contributed by atoms with Crippen LogP contribution >= 0.6 is 0 Å². The Morgan fingerprint density at radius 1 is 1.40 bits per heavy atom. The smallest absolute Gasteiger partial charge is 0.256 e. The number of halogens is 1. The first-order valence-corrected chi connectivity index (χ1v) is 9.06. The summed E-state index contributed by atoms with van der Waals surface area (Å²) >= 11 is 0. The Bertz CT molecular complexity index is 1170. The van der Waals surface area contributed by atoms with E-state index >= 15 is 0 Å². The molecule has 4 rings (SSSR count). The van der Waals surface area contributed by atoms with Crippen LogP contribution in [0.1, 0.15) is 39.1 Å². The molecule has 0 aliphatic carbocycles. The molecule has 11 heteroatoms. The predicted molar refractivity (Wildman–Crippen MR) is 105 cm³/mol. The van der Waals surface area contributed by atoms with Gasteiger partial charge < -0.3 is 20.7 Å². The standard InChI is InChI=1S/C19H18FN7O3/c1-9-15(6-13-12-5-11(20)3-4-14(12)24-18(13)29)23-10(2)17(9)19(30)21-7-16(28)27-8-22-25-26-27/h3-6,8,16,23,28H,7H2,1-2H3,(H,21,30)(H,24,29)/b13-6-. The summed E-state index contributed by atoms with van der Waals surface area (Å²) in [5.41, 5.74) is 3.45. The Kier molecular flexibility index (Phi) is 4.88. The normalized spacial score (nSPS) is 15.2. The Morgan fingerprint density at radius 2 is 2.20 bits per heavy atom. The first-order chi connectivity index (χ1) is 14.3. The van der Waals surface area contributed by atoms with Gasteiger partial charge in [0.1, 0.15) is 12.1 Å². The highest BCUT2D eigenvalue weighted by atomic mass is 19.1. The maximum atomic E-state index is 13.6. The van der Waals surface area contributed by atoms with Crippen molar-refractivity contribution in [2.24, 2.45) is 0 Å². The number of benzene rings is 1. The van der Waals surface area contributed by atoms with E-state index in [1.165, 1.54) is 24.5 Å². The summed E-state index contributed by atoms with van der Waals surface area (Å²) in [6.45, 7) is 3.37. The lowest BCUT2D eigenvalue weighted by molar-refractivity contribution is -0.110. The summed E-state index contributed by atoms with van der Waals surface area (Å²) in [5.74, 6) is -1.20. The van der Waals surface area contributed by atoms with E-state index in [1.807, 2.05) is 0 Å². The molecule has 1 aliphatic rings. The molecule has 2 aromatic heterocycles. The number of carbonyl (C=O) groups excluding carboxylic acids is 2. The number of amides is 2. The van der Waals surface area contributed by atoms with Crippen LogP contribution in [0.4, 0.5) is 10.1 Å². The van der Waals surface area contributed by atoms with Gasteiger partial charge in [0, 0.05) is 22.6 Å². The minimum absolute atomic E-state index is 0.0978. The third-order valence-electron chi connectivity index (χ3n) is 4.87. The fourth-order valence-corrected chi connectivity index (χ4v) is 3.38. The third-order valence-corrected chi connectivity index (χ3v) is 4.87. The van der Waals surface area contributed by atoms with E-state index < -0.39 is 18.0 Å². The van der Waals surface area contributed by atoms with Gasteiger partial charge in [-0.1, -0.05) is 0 Å². The van der Waals surface area contributed by atoms with Crippen molar-refractivity contribution < 1.29 is 19.1 Å². The fraction of sp³-hybridized carbons (Fsp3) is 0.211. The molecular weight excluding hydrogens is 393 g/mol. The molecule has 1 aliphatic heterocycles. The van der Waals surface area contributed by atoms with Gasteiger partial charge >= 0.3 is 0 Å². The van der Waals surface area contributed by atoms with E-state index in [2.05, 4.69) is 31.1 Å². The lowest BCUT2D eigenvalue weighted by Gasteiger charge is -2.11. The van der Waals surface area contributed by atoms with E-state index in [1.54, 1.807) is 19.9 Å². The third kappa shape index (κ3) is 3.46. The number of anilines is 1. The van der Waals surface area contributed by atoms with Gasteiger partial charge in [-0.05, 0) is 54.1 Å². The van der Waals surface area contributed by atoms with Crippen LogP contribution in [0.2, 0.25) is 0 Å². The number of aryl methyl sites for hydroxylation is 1. The number of carbonyl (C=O) groups is 2. The van der Waals surface area contributed by atoms with Crippen LogP contribution < -0.4 is 10.6 Å². The van der Waals surface area contributed by atoms with E-state index in [0.717, 1.165) is 4.68 Å². The van der Waals surface area contributed by atoms with Gasteiger partial charge in [0.2, 0.25) is 0 Å². The molecule has 10 nitrogen and oxygen atoms in total. The maximum absolute atomic E-state index is 13.6. The largest absolute Gasteiger partial charge is 0.370 e. The topological polar surface area (TPSA) is 138 Å². The minimum Gasteiger partial charge on any atom is -0.370 e. The number of aromatic nitrogens is 5. The molecule has 1 aromatic carbocycles. The average Bonchev–Trinajstić information content (AvgIpc) is 3.40. The summed E-state index contributed by atoms with van der Waals surface area (Å²) in [6, 6.07) is 4.07. The van der Waals surface area contributed by atoms with Crippen LogP contribution in [0.3, 0.4) is 0 Å². The lowest BCUT2D eigenvalue weighted by Crippen LogP contribution is -2.31. The molecular formula is C19H18FN7O3. The second kappa shape index (κ2) is 7.52. The highest BCUT2D eigenvalue weighted by Gasteiger charge is 2.26. The van der Waals surface area contributed by atoms with Crippen molar-refractivity contribution in [2.45, 2.75) is 20.1 Å². The van der Waals surface area contributed by atoms with Crippen molar-refractivity contribution in [3.63, 3.8) is 0 Å². The Hall–Kier alpha value is -3.86. The molecule has 154 valence electrons. The summed E-state index contributed by atoms with van der Waals surface area (Å²) in [4.78, 5) is 28.1. The summed E-state index contributed by atoms with van der Waals surface area (Å²) in [7, 11) is 0. The zero-order valence-electron chi connectivity index (χ0n) is 16.1. The van der Waals surface area contributed by atoms with Crippen LogP contribution in [0, 0.1) is 19.7 Å². The number of aliphatic hydroxyl groups excluding tert-OH is 1. The number of hydrogen-bond donors (Lipinski definition) is 4. The Labute approximate surface area is 169 Å². The highest BCUT2D eigenvalue weighted by Crippen LogP contribution is 2.34. The summed E-state index contributed by atoms with van der Waals surface area (Å²) in [5, 5.41) is 25.7. The number of rotatable bonds is 5. The molecule has 4 N–H and O–H groups in total.